The molecule has 0 aliphatic carbocycles. The van der Waals surface area contributed by atoms with Gasteiger partial charge in [0.1, 0.15) is 16.4 Å². The molecule has 10 nitrogen and oxygen atoms in total. The van der Waals surface area contributed by atoms with Gasteiger partial charge in [0.2, 0.25) is 10.0 Å². The second-order valence-corrected chi connectivity index (χ2v) is 7.91. The number of nitrogens with zero attached hydrogens (tertiary/aromatic N) is 3. The highest BCUT2D eigenvalue weighted by atomic mass is 32.2. The topological polar surface area (TPSA) is 123 Å². The predicted octanol–water partition coefficient (Wildman–Crippen LogP) is 3.09. The van der Waals surface area contributed by atoms with E-state index < -0.39 is 14.9 Å². The highest BCUT2D eigenvalue weighted by molar-refractivity contribution is 7.89. The van der Waals surface area contributed by atoms with Crippen molar-refractivity contribution in [2.75, 3.05) is 32.7 Å². The molecular formula is C19H24N4O6S. The van der Waals surface area contributed by atoms with Gasteiger partial charge in [0.15, 0.2) is 0 Å². The average molecular weight is 436 g/mol. The molecule has 2 aromatic rings. The second kappa shape index (κ2) is 10.0. The lowest BCUT2D eigenvalue weighted by atomic mass is 10.2. The number of hydrogen-bond acceptors (Lipinski definition) is 8. The largest absolute Gasteiger partial charge is 0.497 e. The number of ether oxygens (including phenoxy) is 2. The molecule has 0 fully saturated rings. The fourth-order valence-corrected chi connectivity index (χ4v) is 4.35. The van der Waals surface area contributed by atoms with Gasteiger partial charge in [-0.3, -0.25) is 15.5 Å². The van der Waals surface area contributed by atoms with E-state index in [4.69, 9.17) is 9.47 Å². The number of methoxy groups -OCH3 is 2. The van der Waals surface area contributed by atoms with E-state index in [9.17, 15) is 18.5 Å². The Balaban J connectivity index is 2.43. The molecule has 0 bridgehead atoms. The Morgan fingerprint density at radius 2 is 1.83 bits per heavy atom. The molecule has 0 aliphatic heterocycles. The molecule has 0 aliphatic rings. The standard InChI is InChI=1S/C19H24N4O6S/c1-5-22(6-2)30(26,27)19-11-15(23(24)25)8-10-17(19)21-20-13-14-7-9-16(28-3)12-18(14)29-4/h7-13,21H,5-6H2,1-4H3/b20-13-. The van der Waals surface area contributed by atoms with Crippen LogP contribution in [0.3, 0.4) is 0 Å². The van der Waals surface area contributed by atoms with Gasteiger partial charge in [-0.2, -0.15) is 9.41 Å². The first-order chi connectivity index (χ1) is 14.3. The van der Waals surface area contributed by atoms with Gasteiger partial charge in [0.05, 0.1) is 31.0 Å². The third kappa shape index (κ3) is 5.05. The summed E-state index contributed by atoms with van der Waals surface area (Å²) < 4.78 is 37.6. The average Bonchev–Trinajstić information content (AvgIpc) is 2.74. The van der Waals surface area contributed by atoms with Crippen molar-refractivity contribution in [2.24, 2.45) is 5.10 Å². The molecule has 0 saturated heterocycles. The number of hydrazone groups is 1. The van der Waals surface area contributed by atoms with Crippen molar-refractivity contribution in [1.82, 2.24) is 4.31 Å². The Labute approximate surface area is 175 Å². The van der Waals surface area contributed by atoms with Crippen molar-refractivity contribution in [3.05, 3.63) is 52.1 Å². The van der Waals surface area contributed by atoms with E-state index in [1.54, 1.807) is 32.0 Å². The lowest BCUT2D eigenvalue weighted by molar-refractivity contribution is -0.385. The van der Waals surface area contributed by atoms with Crippen LogP contribution in [0.15, 0.2) is 46.4 Å². The Hall–Kier alpha value is -3.18. The number of non-ortho nitro benzene ring substituents is 1. The van der Waals surface area contributed by atoms with Crippen LogP contribution in [0, 0.1) is 10.1 Å². The van der Waals surface area contributed by atoms with Crippen LogP contribution in [-0.2, 0) is 10.0 Å². The summed E-state index contributed by atoms with van der Waals surface area (Å²) in [6, 6.07) is 8.70. The van der Waals surface area contributed by atoms with Crippen LogP contribution in [-0.4, -0.2) is 51.2 Å². The zero-order chi connectivity index (χ0) is 22.3. The molecule has 0 amide bonds. The van der Waals surface area contributed by atoms with Crippen LogP contribution in [0.4, 0.5) is 11.4 Å². The highest BCUT2D eigenvalue weighted by Gasteiger charge is 2.27. The Kier molecular flexibility index (Phi) is 7.72. The van der Waals surface area contributed by atoms with Gasteiger partial charge >= 0.3 is 0 Å². The molecule has 2 rings (SSSR count). The summed E-state index contributed by atoms with van der Waals surface area (Å²) in [6.07, 6.45) is 1.45. The Bertz CT molecular complexity index is 1040. The highest BCUT2D eigenvalue weighted by Crippen LogP contribution is 2.29. The summed E-state index contributed by atoms with van der Waals surface area (Å²) in [7, 11) is -0.911. The fraction of sp³-hybridized carbons (Fsp3) is 0.316. The molecule has 0 spiro atoms. The minimum absolute atomic E-state index is 0.122. The van der Waals surface area contributed by atoms with Gasteiger partial charge in [-0.25, -0.2) is 8.42 Å². The third-order valence-corrected chi connectivity index (χ3v) is 6.42. The zero-order valence-corrected chi connectivity index (χ0v) is 18.0. The van der Waals surface area contributed by atoms with Crippen LogP contribution in [0.25, 0.3) is 0 Å². The summed E-state index contributed by atoms with van der Waals surface area (Å²) in [4.78, 5) is 10.3. The lowest BCUT2D eigenvalue weighted by Gasteiger charge is -2.20. The molecule has 2 aromatic carbocycles. The van der Waals surface area contributed by atoms with Gasteiger partial charge in [-0.15, -0.1) is 0 Å². The van der Waals surface area contributed by atoms with E-state index in [-0.39, 0.29) is 29.4 Å². The first-order valence-corrected chi connectivity index (χ1v) is 10.5. The number of anilines is 1. The van der Waals surface area contributed by atoms with Crippen molar-refractivity contribution in [3.63, 3.8) is 0 Å². The van der Waals surface area contributed by atoms with Crippen molar-refractivity contribution in [2.45, 2.75) is 18.7 Å². The molecule has 0 unspecified atom stereocenters. The van der Waals surface area contributed by atoms with E-state index in [0.29, 0.717) is 17.1 Å². The van der Waals surface area contributed by atoms with Crippen LogP contribution in [0.1, 0.15) is 19.4 Å². The summed E-state index contributed by atoms with van der Waals surface area (Å²) in [5, 5.41) is 15.2. The molecular weight excluding hydrogens is 412 g/mol. The smallest absolute Gasteiger partial charge is 0.270 e. The number of hydrogen-bond donors (Lipinski definition) is 1. The summed E-state index contributed by atoms with van der Waals surface area (Å²) in [6.45, 7) is 3.85. The van der Waals surface area contributed by atoms with Gasteiger partial charge in [-0.1, -0.05) is 13.8 Å². The van der Waals surface area contributed by atoms with E-state index in [1.165, 1.54) is 36.9 Å². The molecule has 0 saturated carbocycles. The summed E-state index contributed by atoms with van der Waals surface area (Å²) >= 11 is 0. The normalized spacial score (nSPS) is 11.6. The second-order valence-electron chi connectivity index (χ2n) is 6.00. The molecule has 0 radical (unpaired) electrons. The SMILES string of the molecule is CCN(CC)S(=O)(=O)c1cc([N+](=O)[O-])ccc1N/N=C\c1ccc(OC)cc1OC. The minimum Gasteiger partial charge on any atom is -0.497 e. The summed E-state index contributed by atoms with van der Waals surface area (Å²) in [5.41, 5.74) is 3.09. The maximum Gasteiger partial charge on any atom is 0.270 e. The molecule has 162 valence electrons. The van der Waals surface area contributed by atoms with Crippen molar-refractivity contribution < 1.29 is 22.8 Å². The van der Waals surface area contributed by atoms with Crippen LogP contribution in [0.2, 0.25) is 0 Å². The maximum atomic E-state index is 13.0. The van der Waals surface area contributed by atoms with E-state index in [1.807, 2.05) is 0 Å². The number of rotatable bonds is 10. The zero-order valence-electron chi connectivity index (χ0n) is 17.2. The predicted molar refractivity (Wildman–Crippen MR) is 114 cm³/mol. The van der Waals surface area contributed by atoms with Crippen molar-refractivity contribution in [3.8, 4) is 11.5 Å². The maximum absolute atomic E-state index is 13.0. The van der Waals surface area contributed by atoms with E-state index in [2.05, 4.69) is 10.5 Å². The van der Waals surface area contributed by atoms with Gasteiger partial charge in [-0.05, 0) is 18.2 Å². The number of nitrogens with one attached hydrogen (secondary N) is 1. The Morgan fingerprint density at radius 1 is 1.13 bits per heavy atom. The lowest BCUT2D eigenvalue weighted by Crippen LogP contribution is -2.31. The molecule has 30 heavy (non-hydrogen) atoms. The number of benzene rings is 2. The monoisotopic (exact) mass is 436 g/mol. The van der Waals surface area contributed by atoms with Crippen molar-refractivity contribution >= 4 is 27.6 Å². The first kappa shape index (κ1) is 23.1. The fourth-order valence-electron chi connectivity index (χ4n) is 2.73. The number of nitro groups is 1. The molecule has 0 atom stereocenters. The first-order valence-electron chi connectivity index (χ1n) is 9.08. The number of nitro benzene ring substituents is 1. The third-order valence-electron chi connectivity index (χ3n) is 4.33. The van der Waals surface area contributed by atoms with Gasteiger partial charge in [0.25, 0.3) is 5.69 Å². The molecule has 0 aromatic heterocycles. The minimum atomic E-state index is -3.95. The van der Waals surface area contributed by atoms with Gasteiger partial charge in [0, 0.05) is 36.9 Å². The van der Waals surface area contributed by atoms with Crippen LogP contribution in [0.5, 0.6) is 11.5 Å². The van der Waals surface area contributed by atoms with Crippen LogP contribution >= 0.6 is 0 Å². The molecule has 11 heteroatoms. The summed E-state index contributed by atoms with van der Waals surface area (Å²) in [5.74, 6) is 1.12. The van der Waals surface area contributed by atoms with Gasteiger partial charge < -0.3 is 9.47 Å². The molecule has 1 N–H and O–H groups in total. The Morgan fingerprint density at radius 3 is 2.40 bits per heavy atom. The van der Waals surface area contributed by atoms with E-state index >= 15 is 0 Å². The quantitative estimate of drug-likeness (QED) is 0.345. The number of sulfonamides is 1. The molecule has 0 heterocycles. The van der Waals surface area contributed by atoms with Crippen molar-refractivity contribution in [1.29, 1.82) is 0 Å². The van der Waals surface area contributed by atoms with Crippen LogP contribution < -0.4 is 14.9 Å². The van der Waals surface area contributed by atoms with E-state index in [0.717, 1.165) is 6.07 Å².